The standard InChI is InChI=1S/C40H34ClN3O5/c1-22-11-15-26(16-12-22)42-44-37(47)32-21-31-28(19-20-29-33(31)38(48)43(36(29)46)27-17-13-25(41)14-18-27)34(30-10-6-7-23(2)35(30)45)40(32,39(44)49)24-8-4-3-5-9-24/h3-19,29,31-34,42,45H,20-21H2,1-2H3. The van der Waals surface area contributed by atoms with Crippen molar-refractivity contribution in [2.24, 2.45) is 23.7 Å². The van der Waals surface area contributed by atoms with E-state index in [9.17, 15) is 19.5 Å². The molecule has 8 rings (SSSR count). The molecular weight excluding hydrogens is 638 g/mol. The van der Waals surface area contributed by atoms with Gasteiger partial charge in [0, 0.05) is 16.5 Å². The minimum Gasteiger partial charge on any atom is -0.507 e. The molecule has 4 amide bonds. The fraction of sp³-hybridized carbons (Fsp3) is 0.250. The number of carbonyl (C=O) groups is 4. The van der Waals surface area contributed by atoms with Gasteiger partial charge >= 0.3 is 0 Å². The number of nitrogens with zero attached hydrogens (tertiary/aromatic N) is 2. The predicted molar refractivity (Wildman–Crippen MR) is 186 cm³/mol. The number of halogens is 1. The fourth-order valence-corrected chi connectivity index (χ4v) is 8.98. The molecule has 2 heterocycles. The van der Waals surface area contributed by atoms with Crippen LogP contribution in [0.5, 0.6) is 5.75 Å². The number of aryl methyl sites for hydroxylation is 2. The Bertz CT molecular complexity index is 2060. The molecule has 6 atom stereocenters. The van der Waals surface area contributed by atoms with Gasteiger partial charge in [-0.2, -0.15) is 5.01 Å². The number of para-hydroxylation sites is 1. The summed E-state index contributed by atoms with van der Waals surface area (Å²) < 4.78 is 0. The lowest BCUT2D eigenvalue weighted by atomic mass is 9.49. The number of allylic oxidation sites excluding steroid dienone is 2. The first kappa shape index (κ1) is 31.1. The van der Waals surface area contributed by atoms with Crippen LogP contribution in [0.1, 0.15) is 41.0 Å². The summed E-state index contributed by atoms with van der Waals surface area (Å²) >= 11 is 6.13. The normalized spacial score (nSPS) is 27.5. The van der Waals surface area contributed by atoms with Crippen LogP contribution in [-0.2, 0) is 24.6 Å². The molecule has 4 aromatic carbocycles. The van der Waals surface area contributed by atoms with E-state index in [0.717, 1.165) is 16.1 Å². The third-order valence-corrected chi connectivity index (χ3v) is 11.3. The van der Waals surface area contributed by atoms with Crippen molar-refractivity contribution in [1.82, 2.24) is 5.01 Å². The van der Waals surface area contributed by atoms with Gasteiger partial charge < -0.3 is 5.11 Å². The lowest BCUT2D eigenvalue weighted by Crippen LogP contribution is -2.53. The van der Waals surface area contributed by atoms with Crippen LogP contribution in [0.25, 0.3) is 0 Å². The highest BCUT2D eigenvalue weighted by Gasteiger charge is 2.70. The lowest BCUT2D eigenvalue weighted by molar-refractivity contribution is -0.138. The van der Waals surface area contributed by atoms with Gasteiger partial charge in [-0.3, -0.25) is 29.5 Å². The molecule has 246 valence electrons. The van der Waals surface area contributed by atoms with Crippen LogP contribution in [-0.4, -0.2) is 33.7 Å². The number of amides is 4. The van der Waals surface area contributed by atoms with E-state index in [2.05, 4.69) is 5.43 Å². The lowest BCUT2D eigenvalue weighted by Gasteiger charge is -2.50. The van der Waals surface area contributed by atoms with Crippen molar-refractivity contribution in [2.75, 3.05) is 10.3 Å². The van der Waals surface area contributed by atoms with Crippen LogP contribution >= 0.6 is 11.6 Å². The molecule has 49 heavy (non-hydrogen) atoms. The van der Waals surface area contributed by atoms with E-state index in [0.29, 0.717) is 33.1 Å². The van der Waals surface area contributed by atoms with Gasteiger partial charge in [-0.15, -0.1) is 0 Å². The van der Waals surface area contributed by atoms with Gasteiger partial charge in [0.05, 0.1) is 34.5 Å². The van der Waals surface area contributed by atoms with E-state index in [4.69, 9.17) is 11.6 Å². The fourth-order valence-electron chi connectivity index (χ4n) is 8.85. The number of phenols is 1. The van der Waals surface area contributed by atoms with Gasteiger partial charge in [0.2, 0.25) is 11.8 Å². The number of anilines is 2. The van der Waals surface area contributed by atoms with Gasteiger partial charge in [-0.05, 0) is 80.1 Å². The molecular formula is C40H34ClN3O5. The maximum Gasteiger partial charge on any atom is 0.260 e. The summed E-state index contributed by atoms with van der Waals surface area (Å²) in [5.74, 6) is -5.04. The van der Waals surface area contributed by atoms with Crippen molar-refractivity contribution >= 4 is 46.6 Å². The third-order valence-electron chi connectivity index (χ3n) is 11.1. The third kappa shape index (κ3) is 4.50. The van der Waals surface area contributed by atoms with E-state index in [-0.39, 0.29) is 30.4 Å². The monoisotopic (exact) mass is 671 g/mol. The molecule has 0 aromatic heterocycles. The van der Waals surface area contributed by atoms with Gasteiger partial charge in [0.25, 0.3) is 11.8 Å². The van der Waals surface area contributed by atoms with Gasteiger partial charge in [0.1, 0.15) is 5.75 Å². The number of nitrogens with one attached hydrogen (secondary N) is 1. The summed E-state index contributed by atoms with van der Waals surface area (Å²) in [6, 6.07) is 28.8. The van der Waals surface area contributed by atoms with E-state index >= 15 is 4.79 Å². The number of hydrogen-bond acceptors (Lipinski definition) is 6. The van der Waals surface area contributed by atoms with Crippen molar-refractivity contribution in [3.63, 3.8) is 0 Å². The Balaban J connectivity index is 1.33. The topological polar surface area (TPSA) is 107 Å². The predicted octanol–water partition coefficient (Wildman–Crippen LogP) is 6.85. The Labute approximate surface area is 289 Å². The number of fused-ring (bicyclic) bond motifs is 4. The van der Waals surface area contributed by atoms with Crippen LogP contribution in [0.3, 0.4) is 0 Å². The van der Waals surface area contributed by atoms with Gasteiger partial charge in [0.15, 0.2) is 0 Å². The molecule has 4 aliphatic rings. The molecule has 4 aromatic rings. The smallest absolute Gasteiger partial charge is 0.260 e. The molecule has 2 N–H and O–H groups in total. The number of imide groups is 2. The molecule has 9 heteroatoms. The second-order valence-electron chi connectivity index (χ2n) is 13.6. The zero-order valence-corrected chi connectivity index (χ0v) is 27.7. The summed E-state index contributed by atoms with van der Waals surface area (Å²) in [6.07, 6.45) is 2.45. The second-order valence-corrected chi connectivity index (χ2v) is 14.0. The van der Waals surface area contributed by atoms with Crippen molar-refractivity contribution in [3.05, 3.63) is 136 Å². The number of carbonyl (C=O) groups excluding carboxylic acids is 4. The van der Waals surface area contributed by atoms with E-state index in [1.54, 1.807) is 43.3 Å². The van der Waals surface area contributed by atoms with Crippen LogP contribution in [0, 0.1) is 37.5 Å². The molecule has 0 radical (unpaired) electrons. The maximum atomic E-state index is 15.2. The Morgan fingerprint density at radius 1 is 0.796 bits per heavy atom. The number of rotatable bonds is 5. The van der Waals surface area contributed by atoms with Crippen LogP contribution < -0.4 is 10.3 Å². The molecule has 8 nitrogen and oxygen atoms in total. The zero-order valence-electron chi connectivity index (χ0n) is 27.0. The second kappa shape index (κ2) is 11.4. The van der Waals surface area contributed by atoms with Crippen LogP contribution in [0.4, 0.5) is 11.4 Å². The van der Waals surface area contributed by atoms with Crippen molar-refractivity contribution < 1.29 is 24.3 Å². The molecule has 2 aliphatic heterocycles. The summed E-state index contributed by atoms with van der Waals surface area (Å²) in [6.45, 7) is 3.76. The first-order valence-electron chi connectivity index (χ1n) is 16.5. The highest BCUT2D eigenvalue weighted by Crippen LogP contribution is 2.65. The molecule has 2 saturated heterocycles. The average molecular weight is 672 g/mol. The molecule has 0 spiro atoms. The quantitative estimate of drug-likeness (QED) is 0.178. The van der Waals surface area contributed by atoms with Crippen molar-refractivity contribution in [2.45, 2.75) is 38.0 Å². The Kier molecular flexibility index (Phi) is 7.26. The number of benzene rings is 4. The zero-order chi connectivity index (χ0) is 34.2. The minimum atomic E-state index is -1.45. The summed E-state index contributed by atoms with van der Waals surface area (Å²) in [5, 5.41) is 13.3. The first-order chi connectivity index (χ1) is 23.6. The molecule has 0 bridgehead atoms. The van der Waals surface area contributed by atoms with Crippen LogP contribution in [0.15, 0.2) is 109 Å². The minimum absolute atomic E-state index is 0.0343. The van der Waals surface area contributed by atoms with E-state index < -0.39 is 46.8 Å². The molecule has 6 unspecified atom stereocenters. The Morgan fingerprint density at radius 2 is 1.51 bits per heavy atom. The molecule has 2 aliphatic carbocycles. The number of hydrazine groups is 1. The van der Waals surface area contributed by atoms with Crippen LogP contribution in [0.2, 0.25) is 5.02 Å². The number of phenolic OH excluding ortho intramolecular Hbond substituents is 1. The Morgan fingerprint density at radius 3 is 2.22 bits per heavy atom. The van der Waals surface area contributed by atoms with Crippen molar-refractivity contribution in [3.8, 4) is 5.75 Å². The SMILES string of the molecule is Cc1ccc(NN2C(=O)C3CC4C(=CCC5C(=O)N(c6ccc(Cl)cc6)C(=O)C54)C(c4cccc(C)c4O)C3(c3ccccc3)C2=O)cc1. The van der Waals surface area contributed by atoms with Gasteiger partial charge in [-0.25, -0.2) is 0 Å². The van der Waals surface area contributed by atoms with E-state index in [1.165, 1.54) is 4.90 Å². The largest absolute Gasteiger partial charge is 0.507 e. The highest BCUT2D eigenvalue weighted by atomic mass is 35.5. The maximum absolute atomic E-state index is 15.2. The molecule has 3 fully saturated rings. The summed E-state index contributed by atoms with van der Waals surface area (Å²) in [5.41, 5.74) is 6.29. The van der Waals surface area contributed by atoms with Crippen molar-refractivity contribution in [1.29, 1.82) is 0 Å². The highest BCUT2D eigenvalue weighted by molar-refractivity contribution is 6.31. The Hall–Kier alpha value is -5.21. The van der Waals surface area contributed by atoms with Gasteiger partial charge in [-0.1, -0.05) is 89.5 Å². The average Bonchev–Trinajstić information content (AvgIpc) is 3.49. The number of aromatic hydroxyl groups is 1. The molecule has 1 saturated carbocycles. The first-order valence-corrected chi connectivity index (χ1v) is 16.9. The number of hydrogen-bond donors (Lipinski definition) is 2. The summed E-state index contributed by atoms with van der Waals surface area (Å²) in [4.78, 5) is 59.5. The summed E-state index contributed by atoms with van der Waals surface area (Å²) in [7, 11) is 0. The van der Waals surface area contributed by atoms with E-state index in [1.807, 2.05) is 73.7 Å².